The average Bonchev–Trinajstić information content (AvgIpc) is 2.92. The van der Waals surface area contributed by atoms with Crippen LogP contribution < -0.4 is 0 Å². The summed E-state index contributed by atoms with van der Waals surface area (Å²) in [6.45, 7) is 1.86. The van der Waals surface area contributed by atoms with E-state index in [-0.39, 0.29) is 11.6 Å². The summed E-state index contributed by atoms with van der Waals surface area (Å²) >= 11 is 0. The maximum atomic E-state index is 9.88. The van der Waals surface area contributed by atoms with Crippen LogP contribution in [0.1, 0.15) is 36.4 Å². The molecular weight excluding hydrogens is 300 g/mol. The molecule has 6 heteroatoms. The normalized spacial score (nSPS) is 28.0. The molecule has 6 nitrogen and oxygen atoms in total. The van der Waals surface area contributed by atoms with E-state index in [2.05, 4.69) is 23.3 Å². The molecule has 3 atom stereocenters. The largest absolute Gasteiger partial charge is 0.305 e. The van der Waals surface area contributed by atoms with Gasteiger partial charge < -0.3 is 5.41 Å². The van der Waals surface area contributed by atoms with Crippen molar-refractivity contribution < 1.29 is 0 Å². The van der Waals surface area contributed by atoms with Crippen LogP contribution in [0.4, 0.5) is 0 Å². The van der Waals surface area contributed by atoms with Crippen LogP contribution >= 0.6 is 0 Å². The van der Waals surface area contributed by atoms with Crippen LogP contribution in [0.2, 0.25) is 0 Å². The minimum atomic E-state index is -1.62. The van der Waals surface area contributed by atoms with Gasteiger partial charge in [-0.1, -0.05) is 6.08 Å². The molecule has 1 N–H and O–H groups in total. The first-order valence-corrected chi connectivity index (χ1v) is 8.01. The Kier molecular flexibility index (Phi) is 3.74. The lowest BCUT2D eigenvalue weighted by Gasteiger charge is -2.45. The molecule has 1 aromatic heterocycles. The summed E-state index contributed by atoms with van der Waals surface area (Å²) in [6, 6.07) is 6.35. The molecular formula is C18H18N6. The van der Waals surface area contributed by atoms with Gasteiger partial charge in [0.1, 0.15) is 5.92 Å². The van der Waals surface area contributed by atoms with Crippen LogP contribution in [-0.4, -0.2) is 15.5 Å². The van der Waals surface area contributed by atoms with E-state index in [1.54, 1.807) is 11.7 Å². The molecule has 2 aliphatic rings. The van der Waals surface area contributed by atoms with E-state index in [9.17, 15) is 15.8 Å². The SMILES string of the molecule is Cc1nn(C)cc1[C@@H]1[C@H]2CCCC=C2[C@H](C#N)C(=N)C1(C#N)C#N. The highest BCUT2D eigenvalue weighted by atomic mass is 15.2. The van der Waals surface area contributed by atoms with Crippen molar-refractivity contribution in [1.29, 1.82) is 21.2 Å². The van der Waals surface area contributed by atoms with Crippen LogP contribution in [0, 0.1) is 63.6 Å². The Labute approximate surface area is 141 Å². The van der Waals surface area contributed by atoms with E-state index < -0.39 is 17.3 Å². The van der Waals surface area contributed by atoms with E-state index in [1.807, 2.05) is 19.2 Å². The van der Waals surface area contributed by atoms with Crippen LogP contribution in [0.25, 0.3) is 0 Å². The van der Waals surface area contributed by atoms with Crippen molar-refractivity contribution in [3.63, 3.8) is 0 Å². The number of nitrogens with one attached hydrogen (secondary N) is 1. The summed E-state index contributed by atoms with van der Waals surface area (Å²) in [6.07, 6.45) is 6.54. The topological polar surface area (TPSA) is 113 Å². The first kappa shape index (κ1) is 16.0. The highest BCUT2D eigenvalue weighted by molar-refractivity contribution is 6.00. The van der Waals surface area contributed by atoms with Gasteiger partial charge in [0.2, 0.25) is 0 Å². The maximum Gasteiger partial charge on any atom is 0.189 e. The predicted molar refractivity (Wildman–Crippen MR) is 86.6 cm³/mol. The fourth-order valence-electron chi connectivity index (χ4n) is 4.28. The molecule has 3 rings (SSSR count). The molecule has 120 valence electrons. The van der Waals surface area contributed by atoms with Gasteiger partial charge in [-0.3, -0.25) is 4.68 Å². The molecule has 24 heavy (non-hydrogen) atoms. The number of nitriles is 3. The van der Waals surface area contributed by atoms with Crippen LogP contribution in [0.5, 0.6) is 0 Å². The van der Waals surface area contributed by atoms with Crippen LogP contribution in [-0.2, 0) is 7.05 Å². The molecule has 0 aliphatic heterocycles. The lowest BCUT2D eigenvalue weighted by atomic mass is 9.53. The third-order valence-electron chi connectivity index (χ3n) is 5.31. The predicted octanol–water partition coefficient (Wildman–Crippen LogP) is 2.75. The minimum absolute atomic E-state index is 0.0697. The molecule has 0 radical (unpaired) electrons. The molecule has 1 aromatic rings. The van der Waals surface area contributed by atoms with Crippen molar-refractivity contribution in [2.75, 3.05) is 0 Å². The van der Waals surface area contributed by atoms with Crippen molar-refractivity contribution in [2.45, 2.75) is 32.1 Å². The van der Waals surface area contributed by atoms with E-state index in [4.69, 9.17) is 5.41 Å². The van der Waals surface area contributed by atoms with Crippen molar-refractivity contribution in [1.82, 2.24) is 9.78 Å². The first-order chi connectivity index (χ1) is 11.5. The molecule has 1 fully saturated rings. The number of allylic oxidation sites excluding steroid dienone is 2. The van der Waals surface area contributed by atoms with Crippen molar-refractivity contribution in [3.8, 4) is 18.2 Å². The molecule has 1 heterocycles. The average molecular weight is 318 g/mol. The standard InChI is InChI=1S/C18H18N6/c1-11-15(8-24(2)23-11)16-13-6-4-3-5-12(13)14(7-19)17(22)18(16,9-20)10-21/h5,8,13-14,16,22H,3-4,6H2,1-2H3/t13-,14-,16-/m0/s1. The highest BCUT2D eigenvalue weighted by Crippen LogP contribution is 2.55. The summed E-state index contributed by atoms with van der Waals surface area (Å²) in [5, 5.41) is 42.2. The molecule has 0 spiro atoms. The van der Waals surface area contributed by atoms with E-state index in [0.29, 0.717) is 0 Å². The van der Waals surface area contributed by atoms with Crippen LogP contribution in [0.3, 0.4) is 0 Å². The van der Waals surface area contributed by atoms with Gasteiger partial charge in [-0.25, -0.2) is 0 Å². The molecule has 1 saturated carbocycles. The number of hydrogen-bond acceptors (Lipinski definition) is 5. The van der Waals surface area contributed by atoms with Gasteiger partial charge in [0.25, 0.3) is 0 Å². The Bertz CT molecular complexity index is 840. The molecule has 0 bridgehead atoms. The van der Waals surface area contributed by atoms with Gasteiger partial charge >= 0.3 is 0 Å². The number of nitrogens with zero attached hydrogens (tertiary/aromatic N) is 5. The summed E-state index contributed by atoms with van der Waals surface area (Å²) < 4.78 is 1.68. The second-order valence-corrected chi connectivity index (χ2v) is 6.57. The molecule has 0 saturated heterocycles. The van der Waals surface area contributed by atoms with Crippen molar-refractivity contribution in [3.05, 3.63) is 29.1 Å². The van der Waals surface area contributed by atoms with Gasteiger partial charge in [0.05, 0.1) is 29.6 Å². The summed E-state index contributed by atoms with van der Waals surface area (Å²) in [7, 11) is 1.81. The molecule has 2 aliphatic carbocycles. The van der Waals surface area contributed by atoms with E-state index in [0.717, 1.165) is 36.1 Å². The Morgan fingerprint density at radius 2 is 2.04 bits per heavy atom. The van der Waals surface area contributed by atoms with Crippen molar-refractivity contribution >= 4 is 5.71 Å². The molecule has 0 amide bonds. The Balaban J connectivity index is 2.29. The summed E-state index contributed by atoms with van der Waals surface area (Å²) in [5.74, 6) is -1.30. The third kappa shape index (κ3) is 1.99. The monoisotopic (exact) mass is 318 g/mol. The number of aromatic nitrogens is 2. The van der Waals surface area contributed by atoms with E-state index >= 15 is 0 Å². The Morgan fingerprint density at radius 3 is 2.58 bits per heavy atom. The second-order valence-electron chi connectivity index (χ2n) is 6.57. The summed E-state index contributed by atoms with van der Waals surface area (Å²) in [5.41, 5.74) is 0.800. The smallest absolute Gasteiger partial charge is 0.189 e. The van der Waals surface area contributed by atoms with Crippen molar-refractivity contribution in [2.24, 2.45) is 24.3 Å². The fraction of sp³-hybridized carbons (Fsp3) is 0.500. The van der Waals surface area contributed by atoms with Crippen LogP contribution in [0.15, 0.2) is 17.8 Å². The quantitative estimate of drug-likeness (QED) is 0.802. The molecule has 0 aromatic carbocycles. The highest BCUT2D eigenvalue weighted by Gasteiger charge is 2.57. The number of hydrogen-bond donors (Lipinski definition) is 1. The summed E-state index contributed by atoms with van der Waals surface area (Å²) in [4.78, 5) is 0. The van der Waals surface area contributed by atoms with Gasteiger partial charge in [-0.2, -0.15) is 20.9 Å². The van der Waals surface area contributed by atoms with Gasteiger partial charge in [-0.15, -0.1) is 0 Å². The number of aryl methyl sites for hydroxylation is 2. The minimum Gasteiger partial charge on any atom is -0.305 e. The van der Waals surface area contributed by atoms with E-state index in [1.165, 1.54) is 0 Å². The van der Waals surface area contributed by atoms with Gasteiger partial charge in [0, 0.05) is 19.2 Å². The second kappa shape index (κ2) is 5.62. The first-order valence-electron chi connectivity index (χ1n) is 8.01. The lowest BCUT2D eigenvalue weighted by Crippen LogP contribution is -2.48. The third-order valence-corrected chi connectivity index (χ3v) is 5.31. The molecule has 0 unspecified atom stereocenters. The Morgan fingerprint density at radius 1 is 1.33 bits per heavy atom. The maximum absolute atomic E-state index is 9.88. The fourth-order valence-corrected chi connectivity index (χ4v) is 4.28. The zero-order valence-electron chi connectivity index (χ0n) is 13.7. The number of rotatable bonds is 1. The lowest BCUT2D eigenvalue weighted by molar-refractivity contribution is 0.319. The van der Waals surface area contributed by atoms with Gasteiger partial charge in [-0.05, 0) is 43.2 Å². The van der Waals surface area contributed by atoms with Gasteiger partial charge in [0.15, 0.2) is 5.41 Å². The zero-order chi connectivity index (χ0) is 17.5. The Hall–Kier alpha value is -2.91. The zero-order valence-corrected chi connectivity index (χ0v) is 13.7. The number of fused-ring (bicyclic) bond motifs is 1.